The third kappa shape index (κ3) is 2.23. The van der Waals surface area contributed by atoms with Crippen molar-refractivity contribution in [3.63, 3.8) is 0 Å². The van der Waals surface area contributed by atoms with Crippen molar-refractivity contribution in [2.24, 2.45) is 11.3 Å². The van der Waals surface area contributed by atoms with E-state index in [-0.39, 0.29) is 5.41 Å². The van der Waals surface area contributed by atoms with Gasteiger partial charge in [0, 0.05) is 0 Å². The molecule has 13 heavy (non-hydrogen) atoms. The van der Waals surface area contributed by atoms with Crippen molar-refractivity contribution in [3.8, 4) is 0 Å². The predicted molar refractivity (Wildman–Crippen MR) is 52.6 cm³/mol. The molecule has 1 atom stereocenters. The molecule has 2 nitrogen and oxygen atoms in total. The average Bonchev–Trinajstić information content (AvgIpc) is 1.96. The maximum absolute atomic E-state index is 11.0. The molecule has 1 saturated carbocycles. The summed E-state index contributed by atoms with van der Waals surface area (Å²) >= 11 is 0. The topological polar surface area (TPSA) is 37.3 Å². The van der Waals surface area contributed by atoms with Crippen LogP contribution in [0.2, 0.25) is 0 Å². The van der Waals surface area contributed by atoms with Crippen LogP contribution in [-0.2, 0) is 4.79 Å². The fourth-order valence-electron chi connectivity index (χ4n) is 2.37. The summed E-state index contributed by atoms with van der Waals surface area (Å²) in [7, 11) is 0. The highest BCUT2D eigenvalue weighted by Gasteiger charge is 2.44. The SMILES string of the molecule is CCCC(C)CC1(C(=O)O)CCC1. The fraction of sp³-hybridized carbons (Fsp3) is 0.909. The van der Waals surface area contributed by atoms with Gasteiger partial charge in [0.15, 0.2) is 0 Å². The van der Waals surface area contributed by atoms with Crippen LogP contribution in [0.4, 0.5) is 0 Å². The number of hydrogen-bond donors (Lipinski definition) is 1. The Hall–Kier alpha value is -0.530. The van der Waals surface area contributed by atoms with Gasteiger partial charge in [0.25, 0.3) is 0 Å². The van der Waals surface area contributed by atoms with Crippen LogP contribution in [0.25, 0.3) is 0 Å². The molecule has 0 aliphatic heterocycles. The maximum Gasteiger partial charge on any atom is 0.309 e. The molecule has 1 unspecified atom stereocenters. The van der Waals surface area contributed by atoms with E-state index in [0.29, 0.717) is 5.92 Å². The van der Waals surface area contributed by atoms with Gasteiger partial charge in [0.2, 0.25) is 0 Å². The Kier molecular flexibility index (Phi) is 3.34. The molecule has 0 radical (unpaired) electrons. The van der Waals surface area contributed by atoms with Crippen LogP contribution in [-0.4, -0.2) is 11.1 Å². The second kappa shape index (κ2) is 4.12. The lowest BCUT2D eigenvalue weighted by Gasteiger charge is -2.39. The van der Waals surface area contributed by atoms with Crippen LogP contribution in [0.1, 0.15) is 52.4 Å². The maximum atomic E-state index is 11.0. The van der Waals surface area contributed by atoms with E-state index >= 15 is 0 Å². The molecule has 0 saturated heterocycles. The number of aliphatic carboxylic acids is 1. The lowest BCUT2D eigenvalue weighted by Crippen LogP contribution is -2.39. The van der Waals surface area contributed by atoms with Gasteiger partial charge < -0.3 is 5.11 Å². The number of carboxylic acid groups (broad SMARTS) is 1. The second-order valence-corrected chi connectivity index (χ2v) is 4.54. The van der Waals surface area contributed by atoms with Crippen molar-refractivity contribution in [2.45, 2.75) is 52.4 Å². The van der Waals surface area contributed by atoms with Crippen LogP contribution >= 0.6 is 0 Å². The highest BCUT2D eigenvalue weighted by Crippen LogP contribution is 2.46. The van der Waals surface area contributed by atoms with E-state index in [1.165, 1.54) is 0 Å². The molecular weight excluding hydrogens is 164 g/mol. The smallest absolute Gasteiger partial charge is 0.309 e. The first-order chi connectivity index (χ1) is 6.10. The van der Waals surface area contributed by atoms with E-state index in [9.17, 15) is 4.79 Å². The van der Waals surface area contributed by atoms with Crippen molar-refractivity contribution in [1.29, 1.82) is 0 Å². The predicted octanol–water partition coefficient (Wildman–Crippen LogP) is 3.07. The molecule has 0 amide bonds. The zero-order valence-electron chi connectivity index (χ0n) is 8.68. The fourth-order valence-corrected chi connectivity index (χ4v) is 2.37. The summed E-state index contributed by atoms with van der Waals surface area (Å²) in [6, 6.07) is 0. The summed E-state index contributed by atoms with van der Waals surface area (Å²) in [6.07, 6.45) is 6.11. The van der Waals surface area contributed by atoms with Crippen LogP contribution in [0.5, 0.6) is 0 Å². The van der Waals surface area contributed by atoms with E-state index < -0.39 is 5.97 Å². The minimum atomic E-state index is -0.568. The summed E-state index contributed by atoms with van der Waals surface area (Å²) in [5.41, 5.74) is -0.339. The van der Waals surface area contributed by atoms with Gasteiger partial charge in [-0.1, -0.05) is 33.1 Å². The Bertz CT molecular complexity index is 183. The number of rotatable bonds is 5. The van der Waals surface area contributed by atoms with Crippen molar-refractivity contribution in [3.05, 3.63) is 0 Å². The molecular formula is C11H20O2. The standard InChI is InChI=1S/C11H20O2/c1-3-5-9(2)8-11(10(12)13)6-4-7-11/h9H,3-8H2,1-2H3,(H,12,13). The molecule has 0 aromatic carbocycles. The largest absolute Gasteiger partial charge is 0.481 e. The van der Waals surface area contributed by atoms with E-state index in [1.54, 1.807) is 0 Å². The van der Waals surface area contributed by atoms with Crippen molar-refractivity contribution in [1.82, 2.24) is 0 Å². The van der Waals surface area contributed by atoms with Gasteiger partial charge in [-0.3, -0.25) is 4.79 Å². The summed E-state index contributed by atoms with van der Waals surface area (Å²) in [5, 5.41) is 9.10. The van der Waals surface area contributed by atoms with Gasteiger partial charge in [-0.2, -0.15) is 0 Å². The normalized spacial score (nSPS) is 22.0. The van der Waals surface area contributed by atoms with Crippen LogP contribution in [0.15, 0.2) is 0 Å². The van der Waals surface area contributed by atoms with Crippen LogP contribution < -0.4 is 0 Å². The molecule has 0 aromatic heterocycles. The molecule has 0 spiro atoms. The Balaban J connectivity index is 2.44. The highest BCUT2D eigenvalue weighted by atomic mass is 16.4. The monoisotopic (exact) mass is 184 g/mol. The molecule has 1 aliphatic rings. The lowest BCUT2D eigenvalue weighted by molar-refractivity contribution is -0.156. The number of carbonyl (C=O) groups is 1. The van der Waals surface area contributed by atoms with Gasteiger partial charge in [-0.25, -0.2) is 0 Å². The zero-order chi connectivity index (χ0) is 9.90. The quantitative estimate of drug-likeness (QED) is 0.713. The zero-order valence-corrected chi connectivity index (χ0v) is 8.68. The van der Waals surface area contributed by atoms with Crippen LogP contribution in [0, 0.1) is 11.3 Å². The molecule has 2 heteroatoms. The van der Waals surface area contributed by atoms with Gasteiger partial charge in [-0.15, -0.1) is 0 Å². The molecule has 0 bridgehead atoms. The summed E-state index contributed by atoms with van der Waals surface area (Å²) in [5.74, 6) is 0.00287. The number of hydrogen-bond acceptors (Lipinski definition) is 1. The average molecular weight is 184 g/mol. The Morgan fingerprint density at radius 3 is 2.46 bits per heavy atom. The molecule has 1 rings (SSSR count). The van der Waals surface area contributed by atoms with Gasteiger partial charge in [0.05, 0.1) is 5.41 Å². The van der Waals surface area contributed by atoms with E-state index in [4.69, 9.17) is 5.11 Å². The minimum absolute atomic E-state index is 0.339. The van der Waals surface area contributed by atoms with Gasteiger partial charge >= 0.3 is 5.97 Å². The summed E-state index contributed by atoms with van der Waals surface area (Å²) < 4.78 is 0. The van der Waals surface area contributed by atoms with E-state index in [2.05, 4.69) is 13.8 Å². The Morgan fingerprint density at radius 1 is 1.54 bits per heavy atom. The molecule has 0 aromatic rings. The summed E-state index contributed by atoms with van der Waals surface area (Å²) in [6.45, 7) is 4.33. The van der Waals surface area contributed by atoms with Gasteiger partial charge in [-0.05, 0) is 25.2 Å². The van der Waals surface area contributed by atoms with E-state index in [1.807, 2.05) is 0 Å². The summed E-state index contributed by atoms with van der Waals surface area (Å²) in [4.78, 5) is 11.0. The van der Waals surface area contributed by atoms with Crippen LogP contribution in [0.3, 0.4) is 0 Å². The Labute approximate surface area is 80.3 Å². The first kappa shape index (κ1) is 10.6. The molecule has 1 N–H and O–H groups in total. The van der Waals surface area contributed by atoms with Gasteiger partial charge in [0.1, 0.15) is 0 Å². The molecule has 76 valence electrons. The van der Waals surface area contributed by atoms with Crippen molar-refractivity contribution in [2.75, 3.05) is 0 Å². The Morgan fingerprint density at radius 2 is 2.15 bits per heavy atom. The first-order valence-electron chi connectivity index (χ1n) is 5.34. The van der Waals surface area contributed by atoms with Crippen molar-refractivity contribution < 1.29 is 9.90 Å². The van der Waals surface area contributed by atoms with Crippen molar-refractivity contribution >= 4 is 5.97 Å². The third-order valence-electron chi connectivity index (χ3n) is 3.29. The second-order valence-electron chi connectivity index (χ2n) is 4.54. The molecule has 0 heterocycles. The lowest BCUT2D eigenvalue weighted by atomic mass is 9.64. The third-order valence-corrected chi connectivity index (χ3v) is 3.29. The van der Waals surface area contributed by atoms with E-state index in [0.717, 1.165) is 38.5 Å². The first-order valence-corrected chi connectivity index (χ1v) is 5.34. The molecule has 1 aliphatic carbocycles. The number of carboxylic acids is 1. The minimum Gasteiger partial charge on any atom is -0.481 e. The highest BCUT2D eigenvalue weighted by molar-refractivity contribution is 5.75. The molecule has 1 fully saturated rings.